The molecular weight excluding hydrogens is 234 g/mol. The minimum atomic E-state index is 0.356. The zero-order valence-electron chi connectivity index (χ0n) is 10.6. The third-order valence-corrected chi connectivity index (χ3v) is 3.77. The molecule has 0 aliphatic heterocycles. The molecule has 0 atom stereocenters. The van der Waals surface area contributed by atoms with Crippen LogP contribution in [0.4, 0.5) is 0 Å². The summed E-state index contributed by atoms with van der Waals surface area (Å²) in [5, 5.41) is 0. The van der Waals surface area contributed by atoms with Gasteiger partial charge in [-0.25, -0.2) is 0 Å². The monoisotopic (exact) mass is 253 g/mol. The lowest BCUT2D eigenvalue weighted by atomic mass is 9.89. The van der Waals surface area contributed by atoms with Crippen molar-refractivity contribution in [1.82, 2.24) is 4.98 Å². The molecule has 0 spiro atoms. The molecule has 0 N–H and O–H groups in total. The van der Waals surface area contributed by atoms with E-state index < -0.39 is 0 Å². The number of hydrogen-bond acceptors (Lipinski definition) is 2. The first-order valence-corrected chi connectivity index (χ1v) is 6.90. The Kier molecular flexibility index (Phi) is 4.27. The predicted molar refractivity (Wildman–Crippen MR) is 70.6 cm³/mol. The molecule has 2 rings (SSSR count). The highest BCUT2D eigenvalue weighted by molar-refractivity contribution is 6.17. The van der Waals surface area contributed by atoms with Crippen LogP contribution in [0, 0.1) is 12.8 Å². The van der Waals surface area contributed by atoms with Crippen LogP contribution in [0.5, 0.6) is 5.75 Å². The first-order valence-electron chi connectivity index (χ1n) is 6.37. The maximum atomic E-state index is 6.08. The summed E-state index contributed by atoms with van der Waals surface area (Å²) in [4.78, 5) is 4.25. The molecule has 0 unspecified atom stereocenters. The van der Waals surface area contributed by atoms with Crippen LogP contribution in [0.3, 0.4) is 0 Å². The van der Waals surface area contributed by atoms with E-state index in [0.29, 0.717) is 12.0 Å². The maximum absolute atomic E-state index is 6.08. The lowest BCUT2D eigenvalue weighted by Crippen LogP contribution is -2.23. The van der Waals surface area contributed by atoms with Crippen molar-refractivity contribution in [1.29, 1.82) is 0 Å². The standard InChI is InChI=1S/C14H20ClNO/c1-10-3-5-13(6-4-10)17-14-7-11(2)16-9-12(14)8-15/h7,9-10,13H,3-6,8H2,1-2H3. The molecule has 1 fully saturated rings. The van der Waals surface area contributed by atoms with Crippen LogP contribution in [0.25, 0.3) is 0 Å². The lowest BCUT2D eigenvalue weighted by Gasteiger charge is -2.27. The molecule has 1 saturated carbocycles. The van der Waals surface area contributed by atoms with Crippen molar-refractivity contribution in [3.8, 4) is 5.75 Å². The molecule has 2 nitrogen and oxygen atoms in total. The van der Waals surface area contributed by atoms with Gasteiger partial charge in [0.05, 0.1) is 12.0 Å². The Labute approximate surface area is 108 Å². The molecule has 0 radical (unpaired) electrons. The summed E-state index contributed by atoms with van der Waals surface area (Å²) in [6.45, 7) is 4.30. The Morgan fingerprint density at radius 1 is 1.35 bits per heavy atom. The van der Waals surface area contributed by atoms with Gasteiger partial charge in [-0.15, -0.1) is 11.6 Å². The van der Waals surface area contributed by atoms with Gasteiger partial charge >= 0.3 is 0 Å². The molecule has 1 aliphatic carbocycles. The van der Waals surface area contributed by atoms with Crippen molar-refractivity contribution in [2.24, 2.45) is 5.92 Å². The number of nitrogens with zero attached hydrogens (tertiary/aromatic N) is 1. The fraction of sp³-hybridized carbons (Fsp3) is 0.643. The van der Waals surface area contributed by atoms with Crippen molar-refractivity contribution in [2.45, 2.75) is 51.5 Å². The summed E-state index contributed by atoms with van der Waals surface area (Å²) in [5.41, 5.74) is 1.98. The average molecular weight is 254 g/mol. The predicted octanol–water partition coefficient (Wildman–Crippen LogP) is 4.09. The molecule has 1 aromatic heterocycles. The Hall–Kier alpha value is -0.760. The highest BCUT2D eigenvalue weighted by Gasteiger charge is 2.20. The Morgan fingerprint density at radius 2 is 2.06 bits per heavy atom. The van der Waals surface area contributed by atoms with Crippen LogP contribution in [0.2, 0.25) is 0 Å². The fourth-order valence-electron chi connectivity index (χ4n) is 2.30. The number of alkyl halides is 1. The summed E-state index contributed by atoms with van der Waals surface area (Å²) in [7, 11) is 0. The van der Waals surface area contributed by atoms with Gasteiger partial charge in [0.2, 0.25) is 0 Å². The van der Waals surface area contributed by atoms with Gasteiger partial charge in [0, 0.05) is 23.5 Å². The smallest absolute Gasteiger partial charge is 0.127 e. The molecule has 0 bridgehead atoms. The summed E-state index contributed by atoms with van der Waals surface area (Å²) < 4.78 is 6.08. The van der Waals surface area contributed by atoms with Gasteiger partial charge < -0.3 is 4.74 Å². The van der Waals surface area contributed by atoms with Gasteiger partial charge in [-0.1, -0.05) is 6.92 Å². The molecule has 1 heterocycles. The summed E-state index contributed by atoms with van der Waals surface area (Å²) in [6.07, 6.45) is 7.03. The molecule has 0 amide bonds. The zero-order valence-corrected chi connectivity index (χ0v) is 11.3. The van der Waals surface area contributed by atoms with E-state index in [1.54, 1.807) is 0 Å². The molecule has 1 aliphatic rings. The van der Waals surface area contributed by atoms with E-state index in [2.05, 4.69) is 11.9 Å². The largest absolute Gasteiger partial charge is 0.490 e. The van der Waals surface area contributed by atoms with Gasteiger partial charge in [-0.05, 0) is 38.5 Å². The van der Waals surface area contributed by atoms with Crippen LogP contribution in [-0.2, 0) is 5.88 Å². The number of hydrogen-bond donors (Lipinski definition) is 0. The van der Waals surface area contributed by atoms with E-state index in [9.17, 15) is 0 Å². The number of pyridine rings is 1. The van der Waals surface area contributed by atoms with Crippen LogP contribution in [0.15, 0.2) is 12.3 Å². The summed E-state index contributed by atoms with van der Waals surface area (Å²) >= 11 is 5.91. The number of aryl methyl sites for hydroxylation is 1. The Bertz CT molecular complexity index is 372. The van der Waals surface area contributed by atoms with E-state index in [-0.39, 0.29) is 0 Å². The summed E-state index contributed by atoms with van der Waals surface area (Å²) in [6, 6.07) is 2.00. The molecule has 0 aromatic carbocycles. The third kappa shape index (κ3) is 3.35. The van der Waals surface area contributed by atoms with Gasteiger partial charge in [-0.3, -0.25) is 4.98 Å². The van der Waals surface area contributed by atoms with Crippen LogP contribution in [0.1, 0.15) is 43.9 Å². The third-order valence-electron chi connectivity index (χ3n) is 3.48. The second-order valence-electron chi connectivity index (χ2n) is 5.07. The molecular formula is C14H20ClNO. The number of aromatic nitrogens is 1. The molecule has 1 aromatic rings. The van der Waals surface area contributed by atoms with Crippen LogP contribution >= 0.6 is 11.6 Å². The maximum Gasteiger partial charge on any atom is 0.127 e. The molecule has 0 saturated heterocycles. The molecule has 17 heavy (non-hydrogen) atoms. The molecule has 94 valence electrons. The zero-order chi connectivity index (χ0) is 12.3. The first kappa shape index (κ1) is 12.7. The summed E-state index contributed by atoms with van der Waals surface area (Å²) in [5.74, 6) is 2.24. The minimum absolute atomic E-state index is 0.356. The normalized spacial score (nSPS) is 24.6. The van der Waals surface area contributed by atoms with E-state index in [1.165, 1.54) is 12.8 Å². The first-order chi connectivity index (χ1) is 8.19. The molecule has 3 heteroatoms. The van der Waals surface area contributed by atoms with E-state index >= 15 is 0 Å². The number of ether oxygens (including phenoxy) is 1. The SMILES string of the molecule is Cc1cc(OC2CCC(C)CC2)c(CCl)cn1. The van der Waals surface area contributed by atoms with Crippen molar-refractivity contribution < 1.29 is 4.74 Å². The van der Waals surface area contributed by atoms with Crippen molar-refractivity contribution >= 4 is 11.6 Å². The van der Waals surface area contributed by atoms with E-state index in [4.69, 9.17) is 16.3 Å². The van der Waals surface area contributed by atoms with E-state index in [0.717, 1.165) is 35.8 Å². The topological polar surface area (TPSA) is 22.1 Å². The van der Waals surface area contributed by atoms with Gasteiger partial charge in [0.25, 0.3) is 0 Å². The quantitative estimate of drug-likeness (QED) is 0.757. The fourth-order valence-corrected chi connectivity index (χ4v) is 2.50. The average Bonchev–Trinajstić information content (AvgIpc) is 2.32. The second kappa shape index (κ2) is 5.72. The highest BCUT2D eigenvalue weighted by atomic mass is 35.5. The van der Waals surface area contributed by atoms with Crippen LogP contribution in [-0.4, -0.2) is 11.1 Å². The van der Waals surface area contributed by atoms with Crippen molar-refractivity contribution in [2.75, 3.05) is 0 Å². The van der Waals surface area contributed by atoms with Crippen molar-refractivity contribution in [3.63, 3.8) is 0 Å². The van der Waals surface area contributed by atoms with Gasteiger partial charge in [0.1, 0.15) is 5.75 Å². The lowest BCUT2D eigenvalue weighted by molar-refractivity contribution is 0.134. The second-order valence-corrected chi connectivity index (χ2v) is 5.33. The minimum Gasteiger partial charge on any atom is -0.490 e. The van der Waals surface area contributed by atoms with Crippen molar-refractivity contribution in [3.05, 3.63) is 23.5 Å². The number of rotatable bonds is 3. The highest BCUT2D eigenvalue weighted by Crippen LogP contribution is 2.29. The Balaban J connectivity index is 2.04. The van der Waals surface area contributed by atoms with E-state index in [1.807, 2.05) is 19.2 Å². The van der Waals surface area contributed by atoms with Crippen LogP contribution < -0.4 is 4.74 Å². The Morgan fingerprint density at radius 3 is 2.71 bits per heavy atom. The van der Waals surface area contributed by atoms with Gasteiger partial charge in [0.15, 0.2) is 0 Å². The van der Waals surface area contributed by atoms with Gasteiger partial charge in [-0.2, -0.15) is 0 Å². The number of halogens is 1.